The number of carbonyl (C=O) groups is 1. The van der Waals surface area contributed by atoms with Crippen LogP contribution in [0.2, 0.25) is 0 Å². The number of benzene rings is 1. The fourth-order valence-corrected chi connectivity index (χ4v) is 4.54. The number of ether oxygens (including phenoxy) is 1. The van der Waals surface area contributed by atoms with Gasteiger partial charge in [0.2, 0.25) is 0 Å². The number of nitrogens with zero attached hydrogens (tertiary/aromatic N) is 2. The molecule has 4 nitrogen and oxygen atoms in total. The third-order valence-corrected chi connectivity index (χ3v) is 6.03. The third-order valence-electron chi connectivity index (χ3n) is 6.03. The molecule has 2 fully saturated rings. The molecule has 0 saturated carbocycles. The lowest BCUT2D eigenvalue weighted by atomic mass is 9.75. The average Bonchev–Trinajstić information content (AvgIpc) is 2.88. The van der Waals surface area contributed by atoms with Crippen molar-refractivity contribution < 1.29 is 13.9 Å². The van der Waals surface area contributed by atoms with Crippen LogP contribution >= 0.6 is 0 Å². The summed E-state index contributed by atoms with van der Waals surface area (Å²) in [4.78, 5) is 17.8. The Balaban J connectivity index is 1.78. The summed E-state index contributed by atoms with van der Waals surface area (Å²) in [6.07, 6.45) is 1.88. The van der Waals surface area contributed by atoms with Crippen LogP contribution in [0.1, 0.15) is 39.2 Å². The molecule has 26 heavy (non-hydrogen) atoms. The smallest absolute Gasteiger partial charge is 0.313 e. The summed E-state index contributed by atoms with van der Waals surface area (Å²) in [5.41, 5.74) is 0.742. The summed E-state index contributed by atoms with van der Waals surface area (Å²) in [5, 5.41) is 0. The number of rotatable bonds is 5. The SMILES string of the molecule is CCOC(=O)[C@@]12CCCN(Cc3ccc(F)cc3)C[C@@H]1CN(C(C)C)C2. The molecule has 144 valence electrons. The molecule has 0 N–H and O–H groups in total. The zero-order chi connectivity index (χ0) is 18.7. The van der Waals surface area contributed by atoms with Crippen LogP contribution in [0.25, 0.3) is 0 Å². The van der Waals surface area contributed by atoms with Gasteiger partial charge in [0.05, 0.1) is 12.0 Å². The molecule has 0 aliphatic carbocycles. The summed E-state index contributed by atoms with van der Waals surface area (Å²) in [7, 11) is 0. The predicted molar refractivity (Wildman–Crippen MR) is 100 cm³/mol. The molecule has 1 aromatic rings. The van der Waals surface area contributed by atoms with Crippen LogP contribution in [0.15, 0.2) is 24.3 Å². The van der Waals surface area contributed by atoms with Crippen molar-refractivity contribution in [3.63, 3.8) is 0 Å². The second-order valence-electron chi connectivity index (χ2n) is 8.06. The Morgan fingerprint density at radius 1 is 1.31 bits per heavy atom. The van der Waals surface area contributed by atoms with Crippen LogP contribution in [-0.2, 0) is 16.1 Å². The lowest BCUT2D eigenvalue weighted by molar-refractivity contribution is -0.157. The number of fused-ring (bicyclic) bond motifs is 1. The van der Waals surface area contributed by atoms with E-state index in [2.05, 4.69) is 23.6 Å². The predicted octanol–water partition coefficient (Wildman–Crippen LogP) is 3.31. The van der Waals surface area contributed by atoms with E-state index in [0.29, 0.717) is 12.6 Å². The molecular formula is C21H31FN2O2. The monoisotopic (exact) mass is 362 g/mol. The first-order chi connectivity index (χ1) is 12.4. The van der Waals surface area contributed by atoms with Crippen molar-refractivity contribution in [3.8, 4) is 0 Å². The maximum atomic E-state index is 13.2. The van der Waals surface area contributed by atoms with E-state index in [9.17, 15) is 9.18 Å². The van der Waals surface area contributed by atoms with E-state index < -0.39 is 0 Å². The van der Waals surface area contributed by atoms with Crippen molar-refractivity contribution in [2.75, 3.05) is 32.8 Å². The number of hydrogen-bond donors (Lipinski definition) is 0. The van der Waals surface area contributed by atoms with Crippen LogP contribution in [-0.4, -0.2) is 54.6 Å². The molecule has 0 spiro atoms. The Kier molecular flexibility index (Phi) is 5.98. The van der Waals surface area contributed by atoms with E-state index in [1.165, 1.54) is 12.1 Å². The van der Waals surface area contributed by atoms with Crippen molar-refractivity contribution in [2.45, 2.75) is 46.2 Å². The molecule has 0 radical (unpaired) electrons. The van der Waals surface area contributed by atoms with Gasteiger partial charge in [0.25, 0.3) is 0 Å². The number of halogens is 1. The number of likely N-dealkylation sites (tertiary alicyclic amines) is 2. The summed E-state index contributed by atoms with van der Waals surface area (Å²) in [6, 6.07) is 7.18. The highest BCUT2D eigenvalue weighted by molar-refractivity contribution is 5.78. The Bertz CT molecular complexity index is 619. The van der Waals surface area contributed by atoms with Gasteiger partial charge in [-0.05, 0) is 57.9 Å². The normalized spacial score (nSPS) is 27.3. The summed E-state index contributed by atoms with van der Waals surface area (Å²) >= 11 is 0. The van der Waals surface area contributed by atoms with Crippen LogP contribution in [0.3, 0.4) is 0 Å². The first kappa shape index (κ1) is 19.3. The molecule has 1 aromatic carbocycles. The first-order valence-corrected chi connectivity index (χ1v) is 9.82. The minimum absolute atomic E-state index is 0.0169. The Morgan fingerprint density at radius 2 is 2.04 bits per heavy atom. The third kappa shape index (κ3) is 3.94. The van der Waals surface area contributed by atoms with Crippen molar-refractivity contribution in [1.82, 2.24) is 9.80 Å². The van der Waals surface area contributed by atoms with E-state index in [1.54, 1.807) is 0 Å². The molecule has 0 bridgehead atoms. The highest BCUT2D eigenvalue weighted by atomic mass is 19.1. The van der Waals surface area contributed by atoms with Gasteiger partial charge in [-0.2, -0.15) is 0 Å². The number of carbonyl (C=O) groups excluding carboxylic acids is 1. The Hall–Kier alpha value is -1.46. The van der Waals surface area contributed by atoms with Crippen molar-refractivity contribution in [3.05, 3.63) is 35.6 Å². The second-order valence-corrected chi connectivity index (χ2v) is 8.06. The van der Waals surface area contributed by atoms with Gasteiger partial charge in [-0.1, -0.05) is 12.1 Å². The molecule has 0 unspecified atom stereocenters. The van der Waals surface area contributed by atoms with Crippen LogP contribution in [0, 0.1) is 17.2 Å². The highest BCUT2D eigenvalue weighted by Gasteiger charge is 2.54. The van der Waals surface area contributed by atoms with E-state index >= 15 is 0 Å². The fraction of sp³-hybridized carbons (Fsp3) is 0.667. The van der Waals surface area contributed by atoms with Crippen LogP contribution in [0.4, 0.5) is 4.39 Å². The van der Waals surface area contributed by atoms with Gasteiger partial charge >= 0.3 is 5.97 Å². The molecule has 2 aliphatic rings. The largest absolute Gasteiger partial charge is 0.466 e. The molecule has 2 saturated heterocycles. The van der Waals surface area contributed by atoms with Gasteiger partial charge < -0.3 is 4.74 Å². The maximum absolute atomic E-state index is 13.2. The lowest BCUT2D eigenvalue weighted by Gasteiger charge is -2.31. The van der Waals surface area contributed by atoms with E-state index in [-0.39, 0.29) is 23.1 Å². The number of hydrogen-bond acceptors (Lipinski definition) is 4. The van der Waals surface area contributed by atoms with Crippen LogP contribution in [0.5, 0.6) is 0 Å². The maximum Gasteiger partial charge on any atom is 0.313 e. The molecule has 2 aliphatic heterocycles. The van der Waals surface area contributed by atoms with Crippen molar-refractivity contribution >= 4 is 5.97 Å². The van der Waals surface area contributed by atoms with Crippen molar-refractivity contribution in [2.24, 2.45) is 11.3 Å². The van der Waals surface area contributed by atoms with Gasteiger partial charge in [0.1, 0.15) is 5.82 Å². The lowest BCUT2D eigenvalue weighted by Crippen LogP contribution is -2.42. The molecular weight excluding hydrogens is 331 g/mol. The van der Waals surface area contributed by atoms with Gasteiger partial charge in [-0.25, -0.2) is 4.39 Å². The molecule has 2 atom stereocenters. The molecule has 3 rings (SSSR count). The summed E-state index contributed by atoms with van der Waals surface area (Å²) in [6.45, 7) is 11.1. The fourth-order valence-electron chi connectivity index (χ4n) is 4.54. The van der Waals surface area contributed by atoms with E-state index in [1.807, 2.05) is 19.1 Å². The second kappa shape index (κ2) is 8.05. The van der Waals surface area contributed by atoms with E-state index in [0.717, 1.165) is 51.1 Å². The zero-order valence-electron chi connectivity index (χ0n) is 16.2. The molecule has 2 heterocycles. The molecule has 5 heteroatoms. The van der Waals surface area contributed by atoms with E-state index in [4.69, 9.17) is 4.74 Å². The minimum atomic E-state index is -0.377. The minimum Gasteiger partial charge on any atom is -0.466 e. The zero-order valence-corrected chi connectivity index (χ0v) is 16.2. The molecule has 0 aromatic heterocycles. The Labute approximate surface area is 156 Å². The standard InChI is InChI=1S/C21H31FN2O2/c1-4-26-20(25)21-10-5-11-23(12-17-6-8-19(22)9-7-17)13-18(21)14-24(15-21)16(2)3/h6-9,16,18H,4-5,10-15H2,1-3H3/t18-,21-/m1/s1. The highest BCUT2D eigenvalue weighted by Crippen LogP contribution is 2.44. The van der Waals surface area contributed by atoms with Gasteiger partial charge in [0.15, 0.2) is 0 Å². The summed E-state index contributed by atoms with van der Waals surface area (Å²) < 4.78 is 18.7. The van der Waals surface area contributed by atoms with Gasteiger partial charge in [0, 0.05) is 38.1 Å². The molecule has 0 amide bonds. The van der Waals surface area contributed by atoms with Gasteiger partial charge in [-0.15, -0.1) is 0 Å². The summed E-state index contributed by atoms with van der Waals surface area (Å²) in [5.74, 6) is 0.0676. The average molecular weight is 362 g/mol. The van der Waals surface area contributed by atoms with Crippen LogP contribution < -0.4 is 0 Å². The van der Waals surface area contributed by atoms with Crippen molar-refractivity contribution in [1.29, 1.82) is 0 Å². The number of esters is 1. The first-order valence-electron chi connectivity index (χ1n) is 9.82. The quantitative estimate of drug-likeness (QED) is 0.753. The van der Waals surface area contributed by atoms with Gasteiger partial charge in [-0.3, -0.25) is 14.6 Å². The topological polar surface area (TPSA) is 32.8 Å². The Morgan fingerprint density at radius 3 is 2.69 bits per heavy atom.